The summed E-state index contributed by atoms with van der Waals surface area (Å²) in [6.45, 7) is 0. The summed E-state index contributed by atoms with van der Waals surface area (Å²) in [6, 6.07) is 80.3. The number of rotatable bonds is 7. The molecule has 1 heterocycles. The van der Waals surface area contributed by atoms with Crippen LogP contribution in [0.1, 0.15) is 22.3 Å². The number of nitrogens with zero attached hydrogens (tertiary/aromatic N) is 3. The lowest BCUT2D eigenvalue weighted by atomic mass is 9.66. The van der Waals surface area contributed by atoms with Crippen molar-refractivity contribution in [2.24, 2.45) is 0 Å². The maximum atomic E-state index is 4.97. The molecule has 10 aromatic rings. The van der Waals surface area contributed by atoms with Crippen LogP contribution < -0.4 is 0 Å². The standard InChI is InChI=1S/C56H37N3/c1-5-18-39(19-6-1)53-57-54(40-20-7-2-8-21-40)59-55(58-53)41-34-32-38(33-35-41)42-23-17-24-43(36-42)49-37-44-22-13-14-29-47(44)52-51(49)48-30-15-16-31-50(48)56(52,45-25-9-3-10-26-45)46-27-11-4-12-28-46/h1-37H. The molecule has 276 valence electrons. The van der Waals surface area contributed by atoms with Crippen LogP contribution in [0.2, 0.25) is 0 Å². The molecule has 0 aliphatic heterocycles. The highest BCUT2D eigenvalue weighted by Gasteiger charge is 2.48. The number of hydrogen-bond donors (Lipinski definition) is 0. The van der Waals surface area contributed by atoms with Crippen molar-refractivity contribution in [3.05, 3.63) is 247 Å². The summed E-state index contributed by atoms with van der Waals surface area (Å²) in [5.41, 5.74) is 14.7. The van der Waals surface area contributed by atoms with E-state index in [1.165, 1.54) is 55.3 Å². The van der Waals surface area contributed by atoms with Gasteiger partial charge in [0.2, 0.25) is 0 Å². The molecule has 59 heavy (non-hydrogen) atoms. The van der Waals surface area contributed by atoms with Crippen molar-refractivity contribution in [1.82, 2.24) is 15.0 Å². The summed E-state index contributed by atoms with van der Waals surface area (Å²) < 4.78 is 0. The van der Waals surface area contributed by atoms with Crippen molar-refractivity contribution in [2.45, 2.75) is 5.41 Å². The van der Waals surface area contributed by atoms with Crippen LogP contribution in [0.3, 0.4) is 0 Å². The molecular formula is C56H37N3. The third-order valence-electron chi connectivity index (χ3n) is 11.8. The summed E-state index contributed by atoms with van der Waals surface area (Å²) in [6.07, 6.45) is 0. The van der Waals surface area contributed by atoms with Gasteiger partial charge in [-0.1, -0.05) is 212 Å². The van der Waals surface area contributed by atoms with Gasteiger partial charge < -0.3 is 0 Å². The van der Waals surface area contributed by atoms with Gasteiger partial charge in [0.25, 0.3) is 0 Å². The Bertz CT molecular complexity index is 3030. The molecular weight excluding hydrogens is 715 g/mol. The van der Waals surface area contributed by atoms with Gasteiger partial charge in [-0.25, -0.2) is 15.0 Å². The molecule has 0 saturated carbocycles. The van der Waals surface area contributed by atoms with E-state index in [-0.39, 0.29) is 0 Å². The number of aromatic nitrogens is 3. The zero-order chi connectivity index (χ0) is 39.2. The Labute approximate surface area is 344 Å². The largest absolute Gasteiger partial charge is 0.208 e. The second kappa shape index (κ2) is 14.3. The quantitative estimate of drug-likeness (QED) is 0.163. The maximum absolute atomic E-state index is 4.97. The lowest BCUT2D eigenvalue weighted by Gasteiger charge is -2.35. The van der Waals surface area contributed by atoms with Gasteiger partial charge in [-0.3, -0.25) is 0 Å². The van der Waals surface area contributed by atoms with E-state index in [4.69, 9.17) is 15.0 Å². The van der Waals surface area contributed by atoms with E-state index in [1.807, 2.05) is 60.7 Å². The van der Waals surface area contributed by atoms with E-state index in [0.29, 0.717) is 17.5 Å². The lowest BCUT2D eigenvalue weighted by molar-refractivity contribution is 0.775. The molecule has 0 amide bonds. The first kappa shape index (κ1) is 34.5. The maximum Gasteiger partial charge on any atom is 0.164 e. The van der Waals surface area contributed by atoms with Gasteiger partial charge in [-0.05, 0) is 78.5 Å². The lowest BCUT2D eigenvalue weighted by Crippen LogP contribution is -2.28. The molecule has 3 heteroatoms. The van der Waals surface area contributed by atoms with Gasteiger partial charge in [0.15, 0.2) is 17.5 Å². The van der Waals surface area contributed by atoms with Crippen LogP contribution in [-0.4, -0.2) is 15.0 Å². The first-order chi connectivity index (χ1) is 29.3. The fraction of sp³-hybridized carbons (Fsp3) is 0.0179. The molecule has 3 nitrogen and oxygen atoms in total. The minimum atomic E-state index is -0.507. The Morgan fingerprint density at radius 1 is 0.305 bits per heavy atom. The molecule has 0 atom stereocenters. The van der Waals surface area contributed by atoms with Crippen molar-refractivity contribution in [1.29, 1.82) is 0 Å². The Balaban J connectivity index is 1.06. The van der Waals surface area contributed by atoms with Gasteiger partial charge in [-0.2, -0.15) is 0 Å². The Morgan fingerprint density at radius 3 is 1.37 bits per heavy atom. The number of fused-ring (bicyclic) bond motifs is 5. The SMILES string of the molecule is c1ccc(-c2nc(-c3ccccc3)nc(-c3ccc(-c4cccc(-c5cc6ccccc6c6c5-c5ccccc5C6(c5ccccc5)c5ccccc5)c4)cc3)n2)cc1. The predicted molar refractivity (Wildman–Crippen MR) is 242 cm³/mol. The van der Waals surface area contributed by atoms with E-state index >= 15 is 0 Å². The number of hydrogen-bond acceptors (Lipinski definition) is 3. The molecule has 0 bridgehead atoms. The molecule has 1 aliphatic rings. The average Bonchev–Trinajstić information content (AvgIpc) is 3.65. The van der Waals surface area contributed by atoms with Gasteiger partial charge in [0.05, 0.1) is 5.41 Å². The smallest absolute Gasteiger partial charge is 0.164 e. The summed E-state index contributed by atoms with van der Waals surface area (Å²) in [5, 5.41) is 2.49. The molecule has 1 aromatic heterocycles. The van der Waals surface area contributed by atoms with Crippen molar-refractivity contribution < 1.29 is 0 Å². The van der Waals surface area contributed by atoms with Gasteiger partial charge >= 0.3 is 0 Å². The van der Waals surface area contributed by atoms with Crippen LogP contribution in [0, 0.1) is 0 Å². The van der Waals surface area contributed by atoms with E-state index in [2.05, 4.69) is 164 Å². The van der Waals surface area contributed by atoms with Crippen LogP contribution in [0.4, 0.5) is 0 Å². The highest BCUT2D eigenvalue weighted by molar-refractivity contribution is 6.07. The van der Waals surface area contributed by atoms with Crippen LogP contribution >= 0.6 is 0 Å². The Hall–Kier alpha value is -7.75. The fourth-order valence-electron chi connectivity index (χ4n) is 9.17. The molecule has 11 rings (SSSR count). The third-order valence-corrected chi connectivity index (χ3v) is 11.8. The Kier molecular flexibility index (Phi) is 8.37. The van der Waals surface area contributed by atoms with E-state index in [0.717, 1.165) is 27.8 Å². The highest BCUT2D eigenvalue weighted by Crippen LogP contribution is 2.60. The van der Waals surface area contributed by atoms with Crippen molar-refractivity contribution in [2.75, 3.05) is 0 Å². The van der Waals surface area contributed by atoms with Crippen LogP contribution in [0.5, 0.6) is 0 Å². The van der Waals surface area contributed by atoms with Crippen molar-refractivity contribution in [3.63, 3.8) is 0 Å². The first-order valence-corrected chi connectivity index (χ1v) is 20.1. The summed E-state index contributed by atoms with van der Waals surface area (Å²) in [7, 11) is 0. The topological polar surface area (TPSA) is 38.7 Å². The fourth-order valence-corrected chi connectivity index (χ4v) is 9.17. The predicted octanol–water partition coefficient (Wildman–Crippen LogP) is 13.7. The Morgan fingerprint density at radius 2 is 0.763 bits per heavy atom. The van der Waals surface area contributed by atoms with Crippen molar-refractivity contribution in [3.8, 4) is 67.5 Å². The third kappa shape index (κ3) is 5.78. The monoisotopic (exact) mass is 751 g/mol. The van der Waals surface area contributed by atoms with Crippen LogP contribution in [0.25, 0.3) is 78.3 Å². The molecule has 0 N–H and O–H groups in total. The second-order valence-corrected chi connectivity index (χ2v) is 15.1. The van der Waals surface area contributed by atoms with Gasteiger partial charge in [0.1, 0.15) is 0 Å². The molecule has 0 unspecified atom stereocenters. The first-order valence-electron chi connectivity index (χ1n) is 20.1. The van der Waals surface area contributed by atoms with E-state index < -0.39 is 5.41 Å². The summed E-state index contributed by atoms with van der Waals surface area (Å²) in [5.74, 6) is 1.95. The molecule has 0 radical (unpaired) electrons. The van der Waals surface area contributed by atoms with Gasteiger partial charge in [-0.15, -0.1) is 0 Å². The zero-order valence-electron chi connectivity index (χ0n) is 32.2. The van der Waals surface area contributed by atoms with Crippen molar-refractivity contribution >= 4 is 10.8 Å². The minimum absolute atomic E-state index is 0.507. The molecule has 0 spiro atoms. The van der Waals surface area contributed by atoms with Gasteiger partial charge in [0, 0.05) is 16.7 Å². The normalized spacial score (nSPS) is 12.5. The van der Waals surface area contributed by atoms with Crippen LogP contribution in [-0.2, 0) is 5.41 Å². The second-order valence-electron chi connectivity index (χ2n) is 15.1. The zero-order valence-corrected chi connectivity index (χ0v) is 32.2. The highest BCUT2D eigenvalue weighted by atomic mass is 15.0. The summed E-state index contributed by atoms with van der Waals surface area (Å²) in [4.78, 5) is 14.8. The summed E-state index contributed by atoms with van der Waals surface area (Å²) >= 11 is 0. The minimum Gasteiger partial charge on any atom is -0.208 e. The molecule has 0 saturated heterocycles. The molecule has 9 aromatic carbocycles. The average molecular weight is 752 g/mol. The van der Waals surface area contributed by atoms with Crippen LogP contribution in [0.15, 0.2) is 224 Å². The van der Waals surface area contributed by atoms with E-state index in [9.17, 15) is 0 Å². The number of benzene rings is 9. The van der Waals surface area contributed by atoms with E-state index in [1.54, 1.807) is 0 Å². The molecule has 0 fully saturated rings. The molecule has 1 aliphatic carbocycles.